The zero-order valence-electron chi connectivity index (χ0n) is 13.1. The molecule has 1 unspecified atom stereocenters. The smallest absolute Gasteiger partial charge is 0.191 e. The highest BCUT2D eigenvalue weighted by atomic mass is 127. The van der Waals surface area contributed by atoms with Gasteiger partial charge in [0, 0.05) is 32.8 Å². The summed E-state index contributed by atoms with van der Waals surface area (Å²) in [4.78, 5) is 4.59. The molecule has 0 bridgehead atoms. The molecule has 1 saturated heterocycles. The highest BCUT2D eigenvalue weighted by molar-refractivity contribution is 14.0. The van der Waals surface area contributed by atoms with E-state index < -0.39 is 0 Å². The Hall–Kier alpha value is -0.0800. The molecule has 0 amide bonds. The van der Waals surface area contributed by atoms with E-state index in [1.54, 1.807) is 0 Å². The number of nitrogens with one attached hydrogen (secondary N) is 2. The first-order chi connectivity index (χ1) is 9.88. The summed E-state index contributed by atoms with van der Waals surface area (Å²) in [5.41, 5.74) is 0. The number of ether oxygens (including phenoxy) is 2. The molecule has 6 heteroatoms. The Bertz CT molecular complexity index is 293. The zero-order valence-corrected chi connectivity index (χ0v) is 15.4. The Kier molecular flexibility index (Phi) is 10.4. The van der Waals surface area contributed by atoms with Crippen molar-refractivity contribution >= 4 is 29.9 Å². The van der Waals surface area contributed by atoms with Crippen molar-refractivity contribution in [2.75, 3.05) is 39.5 Å². The minimum Gasteiger partial charge on any atom is -0.379 e. The second-order valence-corrected chi connectivity index (χ2v) is 5.65. The van der Waals surface area contributed by atoms with Crippen molar-refractivity contribution in [2.45, 2.75) is 45.1 Å². The van der Waals surface area contributed by atoms with Crippen molar-refractivity contribution in [3.8, 4) is 0 Å². The van der Waals surface area contributed by atoms with Crippen molar-refractivity contribution in [1.82, 2.24) is 10.6 Å². The number of rotatable bonds is 9. The standard InChI is InChI=1S/C15H29N3O2.HI/c1-2-16-15(18-11-13-6-7-13)17-8-4-9-19-12-14-5-3-10-20-14;/h13-14H,2-12H2,1H3,(H2,16,17,18);1H. The van der Waals surface area contributed by atoms with E-state index in [1.807, 2.05) is 0 Å². The maximum atomic E-state index is 5.64. The summed E-state index contributed by atoms with van der Waals surface area (Å²) >= 11 is 0. The molecule has 1 aliphatic carbocycles. The summed E-state index contributed by atoms with van der Waals surface area (Å²) in [7, 11) is 0. The van der Waals surface area contributed by atoms with Gasteiger partial charge in [-0.1, -0.05) is 0 Å². The fourth-order valence-corrected chi connectivity index (χ4v) is 2.23. The summed E-state index contributed by atoms with van der Waals surface area (Å²) in [5, 5.41) is 6.64. The average molecular weight is 411 g/mol. The number of guanidine groups is 1. The Morgan fingerprint density at radius 3 is 2.81 bits per heavy atom. The first-order valence-electron chi connectivity index (χ1n) is 8.10. The number of nitrogens with zero attached hydrogens (tertiary/aromatic N) is 1. The van der Waals surface area contributed by atoms with Crippen LogP contribution in [0.4, 0.5) is 0 Å². The average Bonchev–Trinajstić information content (AvgIpc) is 3.14. The van der Waals surface area contributed by atoms with E-state index >= 15 is 0 Å². The number of hydrogen-bond donors (Lipinski definition) is 2. The Morgan fingerprint density at radius 2 is 2.14 bits per heavy atom. The number of aliphatic imine (C=N–C) groups is 1. The second kappa shape index (κ2) is 11.5. The third-order valence-corrected chi connectivity index (χ3v) is 3.63. The summed E-state index contributed by atoms with van der Waals surface area (Å²) in [6.45, 7) is 7.31. The molecule has 21 heavy (non-hydrogen) atoms. The lowest BCUT2D eigenvalue weighted by Crippen LogP contribution is -2.38. The van der Waals surface area contributed by atoms with Crippen LogP contribution in [0.1, 0.15) is 39.0 Å². The maximum Gasteiger partial charge on any atom is 0.191 e. The Labute approximate surface area is 145 Å². The quantitative estimate of drug-likeness (QED) is 0.264. The van der Waals surface area contributed by atoms with Crippen LogP contribution in [0.15, 0.2) is 4.99 Å². The molecule has 2 rings (SSSR count). The molecule has 2 N–H and O–H groups in total. The molecule has 0 aromatic rings. The van der Waals surface area contributed by atoms with Gasteiger partial charge in [0.2, 0.25) is 0 Å². The largest absolute Gasteiger partial charge is 0.379 e. The Balaban J connectivity index is 0.00000220. The third-order valence-electron chi connectivity index (χ3n) is 3.63. The minimum atomic E-state index is 0. The van der Waals surface area contributed by atoms with Gasteiger partial charge in [0.15, 0.2) is 5.96 Å². The molecule has 0 radical (unpaired) electrons. The number of halogens is 1. The van der Waals surface area contributed by atoms with Gasteiger partial charge in [0.25, 0.3) is 0 Å². The lowest BCUT2D eigenvalue weighted by molar-refractivity contribution is 0.0168. The van der Waals surface area contributed by atoms with Crippen LogP contribution in [-0.2, 0) is 9.47 Å². The molecule has 2 fully saturated rings. The van der Waals surface area contributed by atoms with E-state index in [9.17, 15) is 0 Å². The predicted molar refractivity (Wildman–Crippen MR) is 96.5 cm³/mol. The maximum absolute atomic E-state index is 5.64. The molecule has 124 valence electrons. The van der Waals surface area contributed by atoms with Gasteiger partial charge in [-0.2, -0.15) is 0 Å². The van der Waals surface area contributed by atoms with Gasteiger partial charge in [0.05, 0.1) is 12.7 Å². The van der Waals surface area contributed by atoms with Crippen LogP contribution in [0.25, 0.3) is 0 Å². The molecular weight excluding hydrogens is 381 g/mol. The monoisotopic (exact) mass is 411 g/mol. The van der Waals surface area contributed by atoms with Gasteiger partial charge >= 0.3 is 0 Å². The van der Waals surface area contributed by atoms with Crippen LogP contribution >= 0.6 is 24.0 Å². The lowest BCUT2D eigenvalue weighted by Gasteiger charge is -2.12. The van der Waals surface area contributed by atoms with E-state index in [1.165, 1.54) is 19.3 Å². The van der Waals surface area contributed by atoms with Crippen molar-refractivity contribution in [3.05, 3.63) is 0 Å². The summed E-state index contributed by atoms with van der Waals surface area (Å²) < 4.78 is 11.2. The fraction of sp³-hybridized carbons (Fsp3) is 0.933. The molecule has 0 spiro atoms. The van der Waals surface area contributed by atoms with Crippen molar-refractivity contribution in [3.63, 3.8) is 0 Å². The van der Waals surface area contributed by atoms with Crippen molar-refractivity contribution < 1.29 is 9.47 Å². The highest BCUT2D eigenvalue weighted by Crippen LogP contribution is 2.28. The van der Waals surface area contributed by atoms with Crippen LogP contribution in [0, 0.1) is 5.92 Å². The summed E-state index contributed by atoms with van der Waals surface area (Å²) in [6.07, 6.45) is 6.36. The molecule has 5 nitrogen and oxygen atoms in total. The van der Waals surface area contributed by atoms with E-state index in [0.29, 0.717) is 6.10 Å². The van der Waals surface area contributed by atoms with Crippen LogP contribution in [-0.4, -0.2) is 51.5 Å². The zero-order chi connectivity index (χ0) is 14.0. The fourth-order valence-electron chi connectivity index (χ4n) is 2.23. The first kappa shape index (κ1) is 19.0. The van der Waals surface area contributed by atoms with Crippen molar-refractivity contribution in [2.24, 2.45) is 10.9 Å². The minimum absolute atomic E-state index is 0. The third kappa shape index (κ3) is 8.83. The van der Waals surface area contributed by atoms with E-state index in [2.05, 4.69) is 22.5 Å². The van der Waals surface area contributed by atoms with Crippen LogP contribution < -0.4 is 10.6 Å². The predicted octanol–water partition coefficient (Wildman–Crippen LogP) is 2.16. The molecule has 1 atom stereocenters. The van der Waals surface area contributed by atoms with Crippen LogP contribution in [0.5, 0.6) is 0 Å². The lowest BCUT2D eigenvalue weighted by atomic mass is 10.2. The molecule has 0 aromatic carbocycles. The van der Waals surface area contributed by atoms with E-state index in [4.69, 9.17) is 9.47 Å². The van der Waals surface area contributed by atoms with E-state index in [-0.39, 0.29) is 24.0 Å². The first-order valence-corrected chi connectivity index (χ1v) is 8.10. The van der Waals surface area contributed by atoms with Gasteiger partial charge in [-0.25, -0.2) is 0 Å². The molecule has 1 heterocycles. The molecule has 1 aliphatic heterocycles. The summed E-state index contributed by atoms with van der Waals surface area (Å²) in [6, 6.07) is 0. The highest BCUT2D eigenvalue weighted by Gasteiger charge is 2.20. The molecule has 2 aliphatic rings. The van der Waals surface area contributed by atoms with Crippen LogP contribution in [0.3, 0.4) is 0 Å². The van der Waals surface area contributed by atoms with Gasteiger partial charge in [-0.3, -0.25) is 4.99 Å². The summed E-state index contributed by atoms with van der Waals surface area (Å²) in [5.74, 6) is 1.78. The normalized spacial score (nSPS) is 22.0. The van der Waals surface area contributed by atoms with Crippen LogP contribution in [0.2, 0.25) is 0 Å². The van der Waals surface area contributed by atoms with Gasteiger partial charge in [-0.05, 0) is 44.9 Å². The van der Waals surface area contributed by atoms with E-state index in [0.717, 1.165) is 64.2 Å². The van der Waals surface area contributed by atoms with Crippen molar-refractivity contribution in [1.29, 1.82) is 0 Å². The number of hydrogen-bond acceptors (Lipinski definition) is 3. The molecular formula is C15H30IN3O2. The SMILES string of the molecule is CCNC(=NCC1CC1)NCCCOCC1CCCO1.I. The van der Waals surface area contributed by atoms with Gasteiger partial charge in [-0.15, -0.1) is 24.0 Å². The molecule has 0 aromatic heterocycles. The van der Waals surface area contributed by atoms with Gasteiger partial charge in [0.1, 0.15) is 0 Å². The second-order valence-electron chi connectivity index (χ2n) is 5.65. The Morgan fingerprint density at radius 1 is 1.29 bits per heavy atom. The topological polar surface area (TPSA) is 54.9 Å². The molecule has 1 saturated carbocycles. The van der Waals surface area contributed by atoms with Gasteiger partial charge < -0.3 is 20.1 Å².